The van der Waals surface area contributed by atoms with Crippen LogP contribution >= 0.6 is 0 Å². The van der Waals surface area contributed by atoms with Crippen molar-refractivity contribution < 1.29 is 18.0 Å². The van der Waals surface area contributed by atoms with Gasteiger partial charge in [-0.25, -0.2) is 13.4 Å². The van der Waals surface area contributed by atoms with Crippen molar-refractivity contribution in [2.75, 3.05) is 29.9 Å². The predicted molar refractivity (Wildman–Crippen MR) is 122 cm³/mol. The molecule has 1 aromatic heterocycles. The molecule has 2 aromatic carbocycles. The Morgan fingerprint density at radius 2 is 1.84 bits per heavy atom. The summed E-state index contributed by atoms with van der Waals surface area (Å²) in [4.78, 5) is 34.3. The van der Waals surface area contributed by atoms with Gasteiger partial charge in [0.05, 0.1) is 21.8 Å². The van der Waals surface area contributed by atoms with Gasteiger partial charge >= 0.3 is 0 Å². The molecule has 2 amide bonds. The molecule has 10 heteroatoms. The van der Waals surface area contributed by atoms with Gasteiger partial charge in [0.2, 0.25) is 27.8 Å². The summed E-state index contributed by atoms with van der Waals surface area (Å²) in [5, 5.41) is 2.75. The molecular formula is C22H25N5O4S. The molecule has 1 fully saturated rings. The number of carbonyl (C=O) groups is 2. The molecule has 0 radical (unpaired) electrons. The second-order valence-electron chi connectivity index (χ2n) is 7.58. The number of hydrogen-bond donors (Lipinski definition) is 2. The van der Waals surface area contributed by atoms with Crippen LogP contribution in [0.15, 0.2) is 53.4 Å². The SMILES string of the molecule is CCN(CC)S(=O)(=O)c1ccc(N2C[C@@H](C(=O)Nc3nc4ccccc4[nH]3)CC2=O)cc1. The topological polar surface area (TPSA) is 115 Å². The number of fused-ring (bicyclic) bond motifs is 1. The highest BCUT2D eigenvalue weighted by Crippen LogP contribution is 2.28. The fourth-order valence-corrected chi connectivity index (χ4v) is 5.33. The third-order valence-corrected chi connectivity index (χ3v) is 7.68. The van der Waals surface area contributed by atoms with Crippen molar-refractivity contribution in [2.45, 2.75) is 25.2 Å². The number of sulfonamides is 1. The predicted octanol–water partition coefficient (Wildman–Crippen LogP) is 2.59. The molecule has 0 unspecified atom stereocenters. The summed E-state index contributed by atoms with van der Waals surface area (Å²) in [6, 6.07) is 13.6. The van der Waals surface area contributed by atoms with Crippen LogP contribution in [0.3, 0.4) is 0 Å². The lowest BCUT2D eigenvalue weighted by Gasteiger charge is -2.20. The summed E-state index contributed by atoms with van der Waals surface area (Å²) in [5.74, 6) is -0.669. The standard InChI is InChI=1S/C22H25N5O4S/c1-3-26(4-2)32(30,31)17-11-9-16(10-12-17)27-14-15(13-20(27)28)21(29)25-22-23-18-7-5-6-8-19(18)24-22/h5-12,15H,3-4,13-14H2,1-2H3,(H2,23,24,25,29)/t15-/m0/s1. The first kappa shape index (κ1) is 22.0. The van der Waals surface area contributed by atoms with Crippen LogP contribution in [0.4, 0.5) is 11.6 Å². The highest BCUT2D eigenvalue weighted by atomic mass is 32.2. The minimum absolute atomic E-state index is 0.0750. The molecule has 0 saturated carbocycles. The van der Waals surface area contributed by atoms with Crippen LogP contribution in [-0.4, -0.2) is 54.1 Å². The van der Waals surface area contributed by atoms with Crippen LogP contribution in [-0.2, 0) is 19.6 Å². The molecule has 1 atom stereocenters. The second kappa shape index (κ2) is 8.71. The van der Waals surface area contributed by atoms with E-state index in [1.165, 1.54) is 21.3 Å². The van der Waals surface area contributed by atoms with Crippen LogP contribution in [0.25, 0.3) is 11.0 Å². The first-order valence-electron chi connectivity index (χ1n) is 10.5. The summed E-state index contributed by atoms with van der Waals surface area (Å²) in [5.41, 5.74) is 2.12. The van der Waals surface area contributed by atoms with E-state index in [2.05, 4.69) is 15.3 Å². The molecule has 4 rings (SSSR count). The van der Waals surface area contributed by atoms with Crippen molar-refractivity contribution in [3.05, 3.63) is 48.5 Å². The fourth-order valence-electron chi connectivity index (χ4n) is 3.87. The maximum absolute atomic E-state index is 12.7. The summed E-state index contributed by atoms with van der Waals surface area (Å²) in [6.45, 7) is 4.55. The fraction of sp³-hybridized carbons (Fsp3) is 0.318. The van der Waals surface area contributed by atoms with Crippen molar-refractivity contribution in [1.29, 1.82) is 0 Å². The van der Waals surface area contributed by atoms with Gasteiger partial charge in [0.1, 0.15) is 0 Å². The van der Waals surface area contributed by atoms with Crippen LogP contribution < -0.4 is 10.2 Å². The zero-order valence-corrected chi connectivity index (χ0v) is 18.7. The van der Waals surface area contributed by atoms with Crippen LogP contribution in [0.2, 0.25) is 0 Å². The minimum Gasteiger partial charge on any atom is -0.324 e. The smallest absolute Gasteiger partial charge is 0.243 e. The number of imidazole rings is 1. The number of aromatic amines is 1. The molecule has 1 saturated heterocycles. The number of para-hydroxylation sites is 2. The number of nitrogens with one attached hydrogen (secondary N) is 2. The lowest BCUT2D eigenvalue weighted by Crippen LogP contribution is -2.31. The number of benzene rings is 2. The zero-order valence-electron chi connectivity index (χ0n) is 17.9. The Labute approximate surface area is 186 Å². The molecule has 32 heavy (non-hydrogen) atoms. The van der Waals surface area contributed by atoms with Gasteiger partial charge in [-0.1, -0.05) is 26.0 Å². The maximum atomic E-state index is 12.7. The van der Waals surface area contributed by atoms with Crippen LogP contribution in [0.1, 0.15) is 20.3 Å². The van der Waals surface area contributed by atoms with E-state index < -0.39 is 15.9 Å². The number of amides is 2. The molecular weight excluding hydrogens is 430 g/mol. The monoisotopic (exact) mass is 455 g/mol. The Hall–Kier alpha value is -3.24. The zero-order chi connectivity index (χ0) is 22.9. The van der Waals surface area contributed by atoms with E-state index >= 15 is 0 Å². The highest BCUT2D eigenvalue weighted by Gasteiger charge is 2.35. The number of hydrogen-bond acceptors (Lipinski definition) is 5. The van der Waals surface area contributed by atoms with Gasteiger partial charge in [-0.3, -0.25) is 14.9 Å². The second-order valence-corrected chi connectivity index (χ2v) is 9.52. The first-order valence-corrected chi connectivity index (χ1v) is 11.9. The Kier molecular flexibility index (Phi) is 5.98. The van der Waals surface area contributed by atoms with Crippen molar-refractivity contribution in [3.63, 3.8) is 0 Å². The van der Waals surface area contributed by atoms with Gasteiger partial charge in [0, 0.05) is 31.7 Å². The minimum atomic E-state index is -3.57. The van der Waals surface area contributed by atoms with E-state index in [0.717, 1.165) is 11.0 Å². The van der Waals surface area contributed by atoms with E-state index in [4.69, 9.17) is 0 Å². The van der Waals surface area contributed by atoms with Crippen molar-refractivity contribution in [2.24, 2.45) is 5.92 Å². The quantitative estimate of drug-likeness (QED) is 0.568. The number of nitrogens with zero attached hydrogens (tertiary/aromatic N) is 3. The average Bonchev–Trinajstić information content (AvgIpc) is 3.37. The molecule has 0 bridgehead atoms. The van der Waals surface area contributed by atoms with Crippen LogP contribution in [0.5, 0.6) is 0 Å². The van der Waals surface area contributed by atoms with E-state index in [1.807, 2.05) is 24.3 Å². The molecule has 168 valence electrons. The molecule has 1 aliphatic rings. The van der Waals surface area contributed by atoms with E-state index in [1.54, 1.807) is 26.0 Å². The first-order chi connectivity index (χ1) is 15.3. The lowest BCUT2D eigenvalue weighted by atomic mass is 10.1. The molecule has 0 aliphatic carbocycles. The summed E-state index contributed by atoms with van der Waals surface area (Å²) in [7, 11) is -3.57. The van der Waals surface area contributed by atoms with Gasteiger partial charge in [0.25, 0.3) is 0 Å². The molecule has 2 heterocycles. The summed E-state index contributed by atoms with van der Waals surface area (Å²) >= 11 is 0. The lowest BCUT2D eigenvalue weighted by molar-refractivity contribution is -0.122. The van der Waals surface area contributed by atoms with Gasteiger partial charge in [-0.15, -0.1) is 0 Å². The molecule has 0 spiro atoms. The third kappa shape index (κ3) is 4.11. The van der Waals surface area contributed by atoms with Crippen molar-refractivity contribution >= 4 is 44.5 Å². The number of rotatable bonds is 7. The average molecular weight is 456 g/mol. The number of aromatic nitrogens is 2. The summed E-state index contributed by atoms with van der Waals surface area (Å²) in [6.07, 6.45) is 0.0750. The maximum Gasteiger partial charge on any atom is 0.243 e. The van der Waals surface area contributed by atoms with E-state index in [9.17, 15) is 18.0 Å². The Morgan fingerprint density at radius 3 is 2.50 bits per heavy atom. The van der Waals surface area contributed by atoms with Gasteiger partial charge < -0.3 is 9.88 Å². The van der Waals surface area contributed by atoms with Gasteiger partial charge in [0.15, 0.2) is 0 Å². The van der Waals surface area contributed by atoms with Crippen molar-refractivity contribution in [1.82, 2.24) is 14.3 Å². The van der Waals surface area contributed by atoms with E-state index in [0.29, 0.717) is 24.7 Å². The molecule has 9 nitrogen and oxygen atoms in total. The Balaban J connectivity index is 1.45. The summed E-state index contributed by atoms with van der Waals surface area (Å²) < 4.78 is 26.7. The normalized spacial score (nSPS) is 16.8. The largest absolute Gasteiger partial charge is 0.324 e. The Morgan fingerprint density at radius 1 is 1.16 bits per heavy atom. The van der Waals surface area contributed by atoms with Crippen LogP contribution in [0, 0.1) is 5.92 Å². The highest BCUT2D eigenvalue weighted by molar-refractivity contribution is 7.89. The number of carbonyl (C=O) groups excluding carboxylic acids is 2. The third-order valence-electron chi connectivity index (χ3n) is 5.62. The Bertz CT molecular complexity index is 1220. The molecule has 2 N–H and O–H groups in total. The molecule has 1 aliphatic heterocycles. The number of H-pyrrole nitrogens is 1. The number of anilines is 2. The van der Waals surface area contributed by atoms with Gasteiger partial charge in [-0.2, -0.15) is 4.31 Å². The van der Waals surface area contributed by atoms with Crippen molar-refractivity contribution in [3.8, 4) is 0 Å². The van der Waals surface area contributed by atoms with Gasteiger partial charge in [-0.05, 0) is 36.4 Å². The molecule has 3 aromatic rings. The van der Waals surface area contributed by atoms with E-state index in [-0.39, 0.29) is 29.7 Å².